The maximum Gasteiger partial charge on any atom is 0.422 e. The first-order valence-corrected chi connectivity index (χ1v) is 3.72. The molecule has 10 heteroatoms. The zero-order chi connectivity index (χ0) is 11.5. The Hall–Kier alpha value is -1.51. The Kier molecular flexibility index (Phi) is 3.35. The topological polar surface area (TPSA) is 80.7 Å². The third kappa shape index (κ3) is 3.27. The van der Waals surface area contributed by atoms with Crippen LogP contribution in [-0.2, 0) is 0 Å². The fraction of sp³-hybridized carbons (Fsp3) is 0.400. The van der Waals surface area contributed by atoms with Crippen LogP contribution in [0.2, 0.25) is 0 Å². The zero-order valence-electron chi connectivity index (χ0n) is 6.82. The lowest BCUT2D eigenvalue weighted by molar-refractivity contribution is -0.154. The van der Waals surface area contributed by atoms with Crippen LogP contribution >= 0.6 is 11.6 Å². The summed E-state index contributed by atoms with van der Waals surface area (Å²) in [6.07, 6.45) is -4.53. The molecule has 0 bridgehead atoms. The Bertz CT molecular complexity index is 364. The van der Waals surface area contributed by atoms with E-state index in [1.807, 2.05) is 0 Å². The average Bonchev–Trinajstić information content (AvgIpc) is 2.60. The van der Waals surface area contributed by atoms with E-state index in [0.717, 1.165) is 0 Å². The summed E-state index contributed by atoms with van der Waals surface area (Å²) in [4.78, 5) is 0. The molecule has 1 rings (SSSR count). The van der Waals surface area contributed by atoms with Crippen LogP contribution in [0.15, 0.2) is 9.78 Å². The van der Waals surface area contributed by atoms with Crippen LogP contribution in [0.5, 0.6) is 5.88 Å². The summed E-state index contributed by atoms with van der Waals surface area (Å²) in [5.74, 6) is -0.602. The lowest BCUT2D eigenvalue weighted by Gasteiger charge is -2.05. The second-order valence-electron chi connectivity index (χ2n) is 2.21. The van der Waals surface area contributed by atoms with Crippen molar-refractivity contribution in [1.82, 2.24) is 10.3 Å². The molecule has 1 heterocycles. The van der Waals surface area contributed by atoms with E-state index >= 15 is 0 Å². The molecule has 0 saturated carbocycles. The fourth-order valence-corrected chi connectivity index (χ4v) is 0.714. The highest BCUT2D eigenvalue weighted by Gasteiger charge is 2.30. The lowest BCUT2D eigenvalue weighted by atomic mass is 10.5. The van der Waals surface area contributed by atoms with E-state index < -0.39 is 29.5 Å². The molecule has 0 unspecified atom stereocenters. The molecule has 0 aliphatic heterocycles. The minimum Gasteiger partial charge on any atom is -0.464 e. The Morgan fingerprint density at radius 2 is 2.20 bits per heavy atom. The van der Waals surface area contributed by atoms with Gasteiger partial charge in [-0.25, -0.2) is 4.63 Å². The molecule has 0 amide bonds. The van der Waals surface area contributed by atoms with Gasteiger partial charge in [0, 0.05) is 0 Å². The van der Waals surface area contributed by atoms with Gasteiger partial charge in [-0.3, -0.25) is 0 Å². The van der Waals surface area contributed by atoms with Gasteiger partial charge in [-0.2, -0.15) is 13.2 Å². The smallest absolute Gasteiger partial charge is 0.422 e. The molecule has 0 fully saturated rings. The highest BCUT2D eigenvalue weighted by atomic mass is 35.5. The summed E-state index contributed by atoms with van der Waals surface area (Å²) in [6.45, 7) is -1.58. The molecular formula is C5H3ClF3N3O3. The van der Waals surface area contributed by atoms with Crippen molar-refractivity contribution in [2.24, 2.45) is 5.16 Å². The Balaban J connectivity index is 2.74. The molecule has 0 saturated heterocycles. The van der Waals surface area contributed by atoms with Crippen molar-refractivity contribution in [1.29, 1.82) is 0 Å². The summed E-state index contributed by atoms with van der Waals surface area (Å²) >= 11 is 5.26. The molecule has 6 nitrogen and oxygen atoms in total. The number of nitrogens with zero attached hydrogens (tertiary/aromatic N) is 3. The predicted molar refractivity (Wildman–Crippen MR) is 40.0 cm³/mol. The van der Waals surface area contributed by atoms with Crippen LogP contribution < -0.4 is 4.74 Å². The minimum atomic E-state index is -4.53. The van der Waals surface area contributed by atoms with E-state index in [1.165, 1.54) is 0 Å². The summed E-state index contributed by atoms with van der Waals surface area (Å²) in [6, 6.07) is 0. The maximum atomic E-state index is 11.7. The van der Waals surface area contributed by atoms with Crippen molar-refractivity contribution in [2.45, 2.75) is 6.18 Å². The van der Waals surface area contributed by atoms with Gasteiger partial charge >= 0.3 is 6.18 Å². The van der Waals surface area contributed by atoms with Crippen molar-refractivity contribution < 1.29 is 27.7 Å². The van der Waals surface area contributed by atoms with E-state index in [9.17, 15) is 13.2 Å². The normalized spacial score (nSPS) is 12.9. The van der Waals surface area contributed by atoms with E-state index in [2.05, 4.69) is 24.8 Å². The van der Waals surface area contributed by atoms with Crippen LogP contribution in [0.4, 0.5) is 13.2 Å². The molecule has 84 valence electrons. The van der Waals surface area contributed by atoms with Crippen LogP contribution in [0.3, 0.4) is 0 Å². The van der Waals surface area contributed by atoms with Crippen molar-refractivity contribution >= 4 is 16.8 Å². The Morgan fingerprint density at radius 3 is 2.73 bits per heavy atom. The first-order valence-electron chi connectivity index (χ1n) is 3.34. The van der Waals surface area contributed by atoms with Gasteiger partial charge in [-0.15, -0.1) is 0 Å². The molecule has 0 aromatic carbocycles. The highest BCUT2D eigenvalue weighted by Crippen LogP contribution is 2.20. The fourth-order valence-electron chi connectivity index (χ4n) is 0.599. The van der Waals surface area contributed by atoms with Crippen LogP contribution in [-0.4, -0.2) is 33.5 Å². The van der Waals surface area contributed by atoms with Gasteiger partial charge in [0.2, 0.25) is 10.9 Å². The summed E-state index contributed by atoms with van der Waals surface area (Å²) in [5, 5.41) is 16.2. The van der Waals surface area contributed by atoms with Crippen molar-refractivity contribution in [3.63, 3.8) is 0 Å². The van der Waals surface area contributed by atoms with E-state index in [-0.39, 0.29) is 0 Å². The first kappa shape index (κ1) is 11.6. The van der Waals surface area contributed by atoms with Crippen molar-refractivity contribution in [3.8, 4) is 5.88 Å². The van der Waals surface area contributed by atoms with E-state index in [0.29, 0.717) is 0 Å². The van der Waals surface area contributed by atoms with Gasteiger partial charge in [-0.05, 0) is 10.3 Å². The molecule has 0 atom stereocenters. The third-order valence-corrected chi connectivity index (χ3v) is 1.37. The number of halogens is 4. The van der Waals surface area contributed by atoms with Crippen LogP contribution in [0.25, 0.3) is 0 Å². The quantitative estimate of drug-likeness (QED) is 0.494. The first-order chi connectivity index (χ1) is 6.94. The second kappa shape index (κ2) is 4.34. The van der Waals surface area contributed by atoms with Crippen molar-refractivity contribution in [2.75, 3.05) is 6.61 Å². The Morgan fingerprint density at radius 1 is 1.53 bits per heavy atom. The van der Waals surface area contributed by atoms with Gasteiger partial charge in [0.15, 0.2) is 6.61 Å². The standard InChI is InChI=1S/C5H3ClF3N3O3/c6-3(10-13)2-4(12-15-11-2)14-1-5(7,8)9/h13H,1H2/b10-3-. The largest absolute Gasteiger partial charge is 0.464 e. The number of alkyl halides is 3. The Labute approximate surface area is 85.2 Å². The van der Waals surface area contributed by atoms with E-state index in [1.54, 1.807) is 0 Å². The van der Waals surface area contributed by atoms with Gasteiger partial charge in [-0.1, -0.05) is 16.8 Å². The average molecular weight is 246 g/mol. The molecule has 0 aliphatic rings. The number of hydrogen-bond acceptors (Lipinski definition) is 6. The molecule has 1 N–H and O–H groups in total. The van der Waals surface area contributed by atoms with E-state index in [4.69, 9.17) is 16.8 Å². The molecule has 1 aromatic rings. The van der Waals surface area contributed by atoms with Gasteiger partial charge < -0.3 is 9.94 Å². The number of oxime groups is 1. The number of hydrogen-bond donors (Lipinski definition) is 1. The molecular weight excluding hydrogens is 243 g/mol. The van der Waals surface area contributed by atoms with Gasteiger partial charge in [0.05, 0.1) is 0 Å². The second-order valence-corrected chi connectivity index (χ2v) is 2.57. The summed E-state index contributed by atoms with van der Waals surface area (Å²) in [5.41, 5.74) is -0.414. The molecule has 0 aliphatic carbocycles. The predicted octanol–water partition coefficient (Wildman–Crippen LogP) is 1.39. The van der Waals surface area contributed by atoms with Gasteiger partial charge in [0.1, 0.15) is 0 Å². The summed E-state index contributed by atoms with van der Waals surface area (Å²) < 4.78 is 43.5. The third-order valence-electron chi connectivity index (χ3n) is 1.11. The number of aromatic nitrogens is 2. The minimum absolute atomic E-state index is 0.414. The molecule has 0 spiro atoms. The van der Waals surface area contributed by atoms with Crippen LogP contribution in [0, 0.1) is 0 Å². The number of ether oxygens (including phenoxy) is 1. The molecule has 1 aromatic heterocycles. The lowest BCUT2D eigenvalue weighted by Crippen LogP contribution is -2.20. The van der Waals surface area contributed by atoms with Crippen LogP contribution in [0.1, 0.15) is 5.69 Å². The SMILES string of the molecule is O/N=C(\Cl)c1nonc1OCC(F)(F)F. The summed E-state index contributed by atoms with van der Waals surface area (Å²) in [7, 11) is 0. The monoisotopic (exact) mass is 245 g/mol. The number of rotatable bonds is 3. The molecule has 0 radical (unpaired) electrons. The van der Waals surface area contributed by atoms with Gasteiger partial charge in [0.25, 0.3) is 5.88 Å². The molecule has 15 heavy (non-hydrogen) atoms. The van der Waals surface area contributed by atoms with Crippen molar-refractivity contribution in [3.05, 3.63) is 5.69 Å². The maximum absolute atomic E-state index is 11.7. The highest BCUT2D eigenvalue weighted by molar-refractivity contribution is 6.69. The zero-order valence-corrected chi connectivity index (χ0v) is 7.58.